The van der Waals surface area contributed by atoms with E-state index in [2.05, 4.69) is 25.1 Å². The van der Waals surface area contributed by atoms with Gasteiger partial charge in [-0.2, -0.15) is 5.26 Å². The molecule has 0 bridgehead atoms. The summed E-state index contributed by atoms with van der Waals surface area (Å²) in [6, 6.07) is 9.87. The topological polar surface area (TPSA) is 64.2 Å². The minimum atomic E-state index is -1.40. The van der Waals surface area contributed by atoms with Gasteiger partial charge < -0.3 is 10.2 Å². The molecule has 2 saturated carbocycles. The van der Waals surface area contributed by atoms with Crippen molar-refractivity contribution < 1.29 is 14.6 Å². The zero-order valence-corrected chi connectivity index (χ0v) is 17.6. The number of nitriles is 1. The lowest BCUT2D eigenvalue weighted by Gasteiger charge is -2.49. The summed E-state index contributed by atoms with van der Waals surface area (Å²) >= 11 is 0. The Balaban J connectivity index is 1.49. The van der Waals surface area contributed by atoms with E-state index in [9.17, 15) is 10.2 Å². The van der Waals surface area contributed by atoms with Crippen molar-refractivity contribution in [2.75, 3.05) is 0 Å². The second-order valence-electron chi connectivity index (χ2n) is 10.3. The summed E-state index contributed by atoms with van der Waals surface area (Å²) in [7, 11) is 0. The number of rotatable bonds is 1. The number of allylic oxidation sites excluding steroid dienone is 3. The molecular weight excluding hydrogens is 377 g/mol. The highest BCUT2D eigenvalue weighted by molar-refractivity contribution is 5.74. The van der Waals surface area contributed by atoms with Crippen LogP contribution in [-0.4, -0.2) is 27.6 Å². The number of hydrogen-bond donors (Lipinski definition) is 2. The van der Waals surface area contributed by atoms with Crippen LogP contribution in [0.5, 0.6) is 0 Å². The van der Waals surface area contributed by atoms with Crippen LogP contribution in [0, 0.1) is 28.6 Å². The Bertz CT molecular complexity index is 960. The Morgan fingerprint density at radius 2 is 1.90 bits per heavy atom. The molecule has 4 aliphatic carbocycles. The lowest BCUT2D eigenvalue weighted by Crippen LogP contribution is -2.49. The van der Waals surface area contributed by atoms with Crippen molar-refractivity contribution in [3.8, 4) is 6.07 Å². The Morgan fingerprint density at radius 1 is 1.13 bits per heavy atom. The van der Waals surface area contributed by atoms with E-state index >= 15 is 4.39 Å². The van der Waals surface area contributed by atoms with Gasteiger partial charge in [-0.3, -0.25) is 0 Å². The van der Waals surface area contributed by atoms with E-state index in [4.69, 9.17) is 5.26 Å². The minimum Gasteiger partial charge on any atom is -0.393 e. The average molecular weight is 408 g/mol. The van der Waals surface area contributed by atoms with Gasteiger partial charge in [0.1, 0.15) is 5.67 Å². The third-order valence-corrected chi connectivity index (χ3v) is 8.69. The van der Waals surface area contributed by atoms with Gasteiger partial charge >= 0.3 is 0 Å². The Hall–Kier alpha value is -1.96. The van der Waals surface area contributed by atoms with Crippen LogP contribution in [0.25, 0.3) is 5.57 Å². The maximum Gasteiger partial charge on any atom is 0.120 e. The largest absolute Gasteiger partial charge is 0.393 e. The van der Waals surface area contributed by atoms with Crippen molar-refractivity contribution in [3.63, 3.8) is 0 Å². The van der Waals surface area contributed by atoms with Crippen LogP contribution in [0.15, 0.2) is 42.0 Å². The van der Waals surface area contributed by atoms with Crippen LogP contribution in [0.2, 0.25) is 0 Å². The highest BCUT2D eigenvalue weighted by Crippen LogP contribution is 2.63. The van der Waals surface area contributed by atoms with E-state index < -0.39 is 17.4 Å². The van der Waals surface area contributed by atoms with Gasteiger partial charge in [-0.15, -0.1) is 0 Å². The summed E-state index contributed by atoms with van der Waals surface area (Å²) in [5, 5.41) is 31.2. The maximum atomic E-state index is 16.0. The van der Waals surface area contributed by atoms with Crippen molar-refractivity contribution in [2.24, 2.45) is 17.3 Å². The minimum absolute atomic E-state index is 0.0318. The third kappa shape index (κ3) is 2.82. The summed E-state index contributed by atoms with van der Waals surface area (Å²) in [6.45, 7) is 2.23. The molecule has 1 aromatic rings. The van der Waals surface area contributed by atoms with Crippen LogP contribution in [0.3, 0.4) is 0 Å². The van der Waals surface area contributed by atoms with Crippen molar-refractivity contribution >= 4 is 5.57 Å². The first-order valence-corrected chi connectivity index (χ1v) is 11.3. The zero-order valence-electron chi connectivity index (χ0n) is 17.6. The van der Waals surface area contributed by atoms with Gasteiger partial charge in [0.25, 0.3) is 0 Å². The number of nitrogens with zero attached hydrogens (tertiary/aromatic N) is 1. The Labute approximate surface area is 177 Å². The first-order valence-electron chi connectivity index (χ1n) is 11.3. The molecule has 1 aromatic carbocycles. The van der Waals surface area contributed by atoms with Crippen LogP contribution in [0.4, 0.5) is 4.39 Å². The smallest absolute Gasteiger partial charge is 0.120 e. The van der Waals surface area contributed by atoms with E-state index in [1.54, 1.807) is 0 Å². The number of alkyl halides is 1. The number of aliphatic hydroxyl groups is 2. The van der Waals surface area contributed by atoms with Crippen LogP contribution < -0.4 is 0 Å². The molecule has 4 aliphatic rings. The highest BCUT2D eigenvalue weighted by atomic mass is 19.1. The number of hydrogen-bond acceptors (Lipinski definition) is 3. The first kappa shape index (κ1) is 20.0. The van der Waals surface area contributed by atoms with Gasteiger partial charge in [0.2, 0.25) is 0 Å². The maximum absolute atomic E-state index is 16.0. The molecule has 2 N–H and O–H groups in total. The zero-order chi connectivity index (χ0) is 21.1. The number of benzene rings is 1. The van der Waals surface area contributed by atoms with E-state index in [0.29, 0.717) is 31.2 Å². The van der Waals surface area contributed by atoms with Gasteiger partial charge in [0.05, 0.1) is 23.3 Å². The van der Waals surface area contributed by atoms with Gasteiger partial charge in [-0.25, -0.2) is 4.39 Å². The SMILES string of the molecule is CC12CC=C3CC4(F)CC(O)CCC4CC[C@]3(O)C1CC=C2c1ccc(C#N)cc1. The lowest BCUT2D eigenvalue weighted by molar-refractivity contribution is -0.0359. The molecule has 4 heteroatoms. The molecule has 0 radical (unpaired) electrons. The molecule has 5 unspecified atom stereocenters. The first-order chi connectivity index (χ1) is 14.3. The molecule has 2 fully saturated rings. The molecule has 0 amide bonds. The van der Waals surface area contributed by atoms with Crippen molar-refractivity contribution in [1.29, 1.82) is 5.26 Å². The molecule has 0 saturated heterocycles. The molecule has 3 nitrogen and oxygen atoms in total. The molecule has 0 aliphatic heterocycles. The van der Waals surface area contributed by atoms with Gasteiger partial charge in [0, 0.05) is 24.2 Å². The normalized spacial score (nSPS) is 42.7. The number of fused-ring (bicyclic) bond motifs is 4. The van der Waals surface area contributed by atoms with E-state index in [0.717, 1.165) is 24.0 Å². The number of halogens is 1. The van der Waals surface area contributed by atoms with Crippen molar-refractivity contribution in [3.05, 3.63) is 53.1 Å². The Kier molecular flexibility index (Phi) is 4.51. The molecule has 0 heterocycles. The monoisotopic (exact) mass is 407 g/mol. The summed E-state index contributed by atoms with van der Waals surface area (Å²) in [5.41, 5.74) is 1.25. The standard InChI is InChI=1S/C26H30FNO2/c1-24-12-10-20-14-25(27)15-21(29)7-6-19(25)11-13-26(20,30)23(24)9-8-22(24)18-4-2-17(16-28)3-5-18/h2-5,8,10,19,21,23,29-30H,6-7,9,11-15H2,1H3/t19?,21?,23?,24?,25?,26-/m1/s1. The summed E-state index contributed by atoms with van der Waals surface area (Å²) in [6.07, 6.45) is 8.44. The average Bonchev–Trinajstić information content (AvgIpc) is 3.02. The predicted molar refractivity (Wildman–Crippen MR) is 114 cm³/mol. The summed E-state index contributed by atoms with van der Waals surface area (Å²) < 4.78 is 16.0. The predicted octanol–water partition coefficient (Wildman–Crippen LogP) is 5.08. The second kappa shape index (κ2) is 6.77. The fourth-order valence-electron chi connectivity index (χ4n) is 7.00. The molecule has 6 atom stereocenters. The fourth-order valence-corrected chi connectivity index (χ4v) is 7.00. The second-order valence-corrected chi connectivity index (χ2v) is 10.3. The highest BCUT2D eigenvalue weighted by Gasteiger charge is 2.59. The number of aliphatic hydroxyl groups excluding tert-OH is 1. The van der Waals surface area contributed by atoms with Crippen molar-refractivity contribution in [2.45, 2.75) is 75.7 Å². The summed E-state index contributed by atoms with van der Waals surface area (Å²) in [4.78, 5) is 0. The lowest BCUT2D eigenvalue weighted by atomic mass is 9.58. The molecule has 0 spiro atoms. The van der Waals surface area contributed by atoms with Crippen LogP contribution >= 0.6 is 0 Å². The van der Waals surface area contributed by atoms with E-state index in [1.165, 1.54) is 5.57 Å². The summed E-state index contributed by atoms with van der Waals surface area (Å²) in [5.74, 6) is -0.0423. The quantitative estimate of drug-likeness (QED) is 0.638. The van der Waals surface area contributed by atoms with E-state index in [1.807, 2.05) is 24.3 Å². The van der Waals surface area contributed by atoms with Gasteiger partial charge in [-0.05, 0) is 73.3 Å². The van der Waals surface area contributed by atoms with E-state index in [-0.39, 0.29) is 30.1 Å². The molecule has 158 valence electrons. The molecule has 5 rings (SSSR count). The van der Waals surface area contributed by atoms with Gasteiger partial charge in [-0.1, -0.05) is 31.2 Å². The molecule has 0 aromatic heterocycles. The Morgan fingerprint density at radius 3 is 2.63 bits per heavy atom. The molecule has 30 heavy (non-hydrogen) atoms. The fraction of sp³-hybridized carbons (Fsp3) is 0.577. The van der Waals surface area contributed by atoms with Gasteiger partial charge in [0.15, 0.2) is 0 Å². The van der Waals surface area contributed by atoms with Crippen molar-refractivity contribution in [1.82, 2.24) is 0 Å². The van der Waals surface area contributed by atoms with Crippen LogP contribution in [0.1, 0.15) is 69.4 Å². The molecular formula is C26H30FNO2. The van der Waals surface area contributed by atoms with Crippen LogP contribution in [-0.2, 0) is 0 Å². The third-order valence-electron chi connectivity index (χ3n) is 8.69.